The molecule has 0 N–H and O–H groups in total. The number of hydrogen-bond acceptors (Lipinski definition) is 2. The monoisotopic (exact) mass is 266 g/mol. The van der Waals surface area contributed by atoms with Crippen molar-refractivity contribution < 1.29 is 9.59 Å². The van der Waals surface area contributed by atoms with E-state index in [1.54, 1.807) is 0 Å². The maximum absolute atomic E-state index is 12.2. The summed E-state index contributed by atoms with van der Waals surface area (Å²) in [5.41, 5.74) is 0.261. The normalized spacial score (nSPS) is 18.4. The molecule has 20 heavy (non-hydrogen) atoms. The molecule has 3 rings (SSSR count). The second kappa shape index (κ2) is 4.86. The van der Waals surface area contributed by atoms with Crippen LogP contribution >= 0.6 is 0 Å². The zero-order valence-electron chi connectivity index (χ0n) is 11.7. The van der Waals surface area contributed by atoms with Crippen LogP contribution in [0.2, 0.25) is 0 Å². The molecule has 0 spiro atoms. The average molecular weight is 266 g/mol. The second-order valence-electron chi connectivity index (χ2n) is 5.85. The van der Waals surface area contributed by atoms with E-state index in [1.807, 2.05) is 31.2 Å². The molecule has 2 aromatic carbocycles. The Balaban J connectivity index is 2.04. The van der Waals surface area contributed by atoms with Gasteiger partial charge in [-0.1, -0.05) is 42.5 Å². The summed E-state index contributed by atoms with van der Waals surface area (Å²) in [6.07, 6.45) is 2.30. The quantitative estimate of drug-likeness (QED) is 0.776. The van der Waals surface area contributed by atoms with Gasteiger partial charge in [-0.05, 0) is 36.1 Å². The van der Waals surface area contributed by atoms with Crippen molar-refractivity contribution in [1.82, 2.24) is 0 Å². The molecule has 1 aliphatic carbocycles. The molecular formula is C18H18O2. The number of ketones is 2. The Bertz CT molecular complexity index is 663. The first-order chi connectivity index (χ1) is 9.61. The van der Waals surface area contributed by atoms with Crippen LogP contribution in [0.15, 0.2) is 42.5 Å². The van der Waals surface area contributed by atoms with Crippen molar-refractivity contribution in [2.24, 2.45) is 5.41 Å². The lowest BCUT2D eigenvalue weighted by molar-refractivity contribution is -0.142. The van der Waals surface area contributed by atoms with Gasteiger partial charge in [0.05, 0.1) is 5.41 Å². The van der Waals surface area contributed by atoms with Crippen molar-refractivity contribution in [3.63, 3.8) is 0 Å². The predicted molar refractivity (Wildman–Crippen MR) is 79.6 cm³/mol. The minimum atomic E-state index is -0.831. The first-order valence-corrected chi connectivity index (χ1v) is 7.14. The van der Waals surface area contributed by atoms with Gasteiger partial charge in [-0.15, -0.1) is 0 Å². The van der Waals surface area contributed by atoms with Gasteiger partial charge in [0.2, 0.25) is 0 Å². The first-order valence-electron chi connectivity index (χ1n) is 7.14. The van der Waals surface area contributed by atoms with Crippen LogP contribution in [0.5, 0.6) is 0 Å². The standard InChI is InChI=1S/C18H18O2/c1-18(16(19)10-5-11-17(18)20)12-14-8-4-7-13-6-2-3-9-15(13)14/h2-4,6-9H,5,10-12H2,1H3. The van der Waals surface area contributed by atoms with E-state index < -0.39 is 5.41 Å². The summed E-state index contributed by atoms with van der Waals surface area (Å²) in [7, 11) is 0. The molecule has 0 aliphatic heterocycles. The van der Waals surface area contributed by atoms with Crippen molar-refractivity contribution in [1.29, 1.82) is 0 Å². The molecule has 2 nitrogen and oxygen atoms in total. The number of hydrogen-bond donors (Lipinski definition) is 0. The Morgan fingerprint density at radius 3 is 2.35 bits per heavy atom. The molecule has 0 unspecified atom stereocenters. The fourth-order valence-electron chi connectivity index (χ4n) is 3.14. The van der Waals surface area contributed by atoms with Crippen LogP contribution in [0.4, 0.5) is 0 Å². The Labute approximate surface area is 118 Å². The van der Waals surface area contributed by atoms with Gasteiger partial charge in [-0.2, -0.15) is 0 Å². The van der Waals surface area contributed by atoms with E-state index in [4.69, 9.17) is 0 Å². The molecule has 0 aromatic heterocycles. The van der Waals surface area contributed by atoms with Gasteiger partial charge in [-0.25, -0.2) is 0 Å². The highest BCUT2D eigenvalue weighted by molar-refractivity contribution is 6.09. The minimum Gasteiger partial charge on any atom is -0.299 e. The maximum atomic E-state index is 12.2. The smallest absolute Gasteiger partial charge is 0.146 e. The van der Waals surface area contributed by atoms with Crippen LogP contribution < -0.4 is 0 Å². The number of Topliss-reactive ketones (excluding diaryl/α,β-unsaturated/α-hetero) is 2. The van der Waals surface area contributed by atoms with E-state index in [2.05, 4.69) is 18.2 Å². The molecule has 1 saturated carbocycles. The molecule has 1 fully saturated rings. The molecular weight excluding hydrogens is 248 g/mol. The zero-order valence-corrected chi connectivity index (χ0v) is 11.7. The Kier molecular flexibility index (Phi) is 3.17. The van der Waals surface area contributed by atoms with Crippen LogP contribution in [0, 0.1) is 5.41 Å². The van der Waals surface area contributed by atoms with Crippen LogP contribution in [-0.2, 0) is 16.0 Å². The summed E-state index contributed by atoms with van der Waals surface area (Å²) < 4.78 is 0. The molecule has 102 valence electrons. The van der Waals surface area contributed by atoms with Gasteiger partial charge in [-0.3, -0.25) is 9.59 Å². The summed E-state index contributed by atoms with van der Waals surface area (Å²) in [6, 6.07) is 14.2. The van der Waals surface area contributed by atoms with Gasteiger partial charge in [0.25, 0.3) is 0 Å². The molecule has 0 radical (unpaired) electrons. The third-order valence-electron chi connectivity index (χ3n) is 4.46. The lowest BCUT2D eigenvalue weighted by atomic mass is 9.69. The van der Waals surface area contributed by atoms with E-state index >= 15 is 0 Å². The Morgan fingerprint density at radius 2 is 1.60 bits per heavy atom. The van der Waals surface area contributed by atoms with Crippen LogP contribution in [0.25, 0.3) is 10.8 Å². The summed E-state index contributed by atoms with van der Waals surface area (Å²) in [5.74, 6) is 0.198. The van der Waals surface area contributed by atoms with Gasteiger partial charge >= 0.3 is 0 Å². The van der Waals surface area contributed by atoms with Gasteiger partial charge < -0.3 is 0 Å². The highest BCUT2D eigenvalue weighted by Gasteiger charge is 2.42. The van der Waals surface area contributed by atoms with Crippen LogP contribution in [0.3, 0.4) is 0 Å². The first kappa shape index (κ1) is 13.0. The minimum absolute atomic E-state index is 0.0988. The number of fused-ring (bicyclic) bond motifs is 1. The zero-order chi connectivity index (χ0) is 14.2. The highest BCUT2D eigenvalue weighted by Crippen LogP contribution is 2.35. The number of carbonyl (C=O) groups excluding carboxylic acids is 2. The van der Waals surface area contributed by atoms with Crippen molar-refractivity contribution in [2.45, 2.75) is 32.6 Å². The molecule has 0 atom stereocenters. The summed E-state index contributed by atoms with van der Waals surface area (Å²) >= 11 is 0. The number of benzene rings is 2. The Morgan fingerprint density at radius 1 is 0.950 bits per heavy atom. The molecule has 1 aliphatic rings. The molecule has 2 aromatic rings. The summed E-state index contributed by atoms with van der Waals surface area (Å²) in [6.45, 7) is 1.82. The predicted octanol–water partition coefficient (Wildman–Crippen LogP) is 3.71. The number of rotatable bonds is 2. The molecule has 0 bridgehead atoms. The van der Waals surface area contributed by atoms with E-state index in [0.717, 1.165) is 16.3 Å². The third kappa shape index (κ3) is 2.05. The summed E-state index contributed by atoms with van der Waals surface area (Å²) in [5, 5.41) is 2.30. The molecule has 0 heterocycles. The van der Waals surface area contributed by atoms with Crippen molar-refractivity contribution in [3.05, 3.63) is 48.0 Å². The molecule has 0 saturated heterocycles. The lowest BCUT2D eigenvalue weighted by Crippen LogP contribution is -2.41. The number of carbonyl (C=O) groups is 2. The van der Waals surface area contributed by atoms with Gasteiger partial charge in [0.15, 0.2) is 0 Å². The van der Waals surface area contributed by atoms with Crippen LogP contribution in [-0.4, -0.2) is 11.6 Å². The van der Waals surface area contributed by atoms with E-state index in [9.17, 15) is 9.59 Å². The van der Waals surface area contributed by atoms with E-state index in [0.29, 0.717) is 25.7 Å². The topological polar surface area (TPSA) is 34.1 Å². The van der Waals surface area contributed by atoms with Crippen molar-refractivity contribution in [2.75, 3.05) is 0 Å². The lowest BCUT2D eigenvalue weighted by Gasteiger charge is -2.30. The van der Waals surface area contributed by atoms with E-state index in [-0.39, 0.29) is 11.6 Å². The Hall–Kier alpha value is -1.96. The molecule has 0 amide bonds. The third-order valence-corrected chi connectivity index (χ3v) is 4.46. The van der Waals surface area contributed by atoms with Gasteiger partial charge in [0, 0.05) is 12.8 Å². The maximum Gasteiger partial charge on any atom is 0.146 e. The average Bonchev–Trinajstić information content (AvgIpc) is 2.46. The second-order valence-corrected chi connectivity index (χ2v) is 5.85. The fraction of sp³-hybridized carbons (Fsp3) is 0.333. The highest BCUT2D eigenvalue weighted by atomic mass is 16.2. The van der Waals surface area contributed by atoms with Crippen molar-refractivity contribution in [3.8, 4) is 0 Å². The summed E-state index contributed by atoms with van der Waals surface area (Å²) in [4.78, 5) is 24.5. The van der Waals surface area contributed by atoms with Crippen molar-refractivity contribution >= 4 is 22.3 Å². The largest absolute Gasteiger partial charge is 0.299 e. The SMILES string of the molecule is CC1(Cc2cccc3ccccc23)C(=O)CCCC1=O. The molecule has 2 heteroatoms. The van der Waals surface area contributed by atoms with Gasteiger partial charge in [0.1, 0.15) is 11.6 Å². The van der Waals surface area contributed by atoms with Crippen LogP contribution in [0.1, 0.15) is 31.7 Å². The fourth-order valence-corrected chi connectivity index (χ4v) is 3.14. The van der Waals surface area contributed by atoms with E-state index in [1.165, 1.54) is 0 Å².